The average molecular weight is 257 g/mol. The molecule has 0 aliphatic rings. The lowest BCUT2D eigenvalue weighted by molar-refractivity contribution is 0.415. The van der Waals surface area contributed by atoms with Crippen LogP contribution in [0, 0.1) is 13.8 Å². The van der Waals surface area contributed by atoms with Crippen LogP contribution in [0.25, 0.3) is 0 Å². The lowest BCUT2D eigenvalue weighted by Gasteiger charge is -2.22. The highest BCUT2D eigenvalue weighted by Gasteiger charge is 2.12. The monoisotopic (exact) mass is 257 g/mol. The Bertz CT molecular complexity index is 596. The molecule has 0 unspecified atom stereocenters. The molecule has 0 atom stereocenters. The van der Waals surface area contributed by atoms with Gasteiger partial charge in [-0.25, -0.2) is 4.98 Å². The molecule has 1 aromatic heterocycles. The van der Waals surface area contributed by atoms with Crippen molar-refractivity contribution in [2.24, 2.45) is 0 Å². The first-order chi connectivity index (χ1) is 9.02. The number of benzene rings is 1. The minimum absolute atomic E-state index is 0.702. The number of ether oxygens (including phenoxy) is 1. The Hall–Kier alpha value is -2.23. The minimum Gasteiger partial charge on any atom is -0.495 e. The molecule has 19 heavy (non-hydrogen) atoms. The Morgan fingerprint density at radius 1 is 1.16 bits per heavy atom. The molecule has 0 saturated heterocycles. The molecule has 2 aromatic rings. The van der Waals surface area contributed by atoms with Crippen LogP contribution in [0.3, 0.4) is 0 Å². The zero-order chi connectivity index (χ0) is 14.0. The van der Waals surface area contributed by atoms with E-state index >= 15 is 0 Å². The smallest absolute Gasteiger partial charge is 0.142 e. The first-order valence-electron chi connectivity index (χ1n) is 6.14. The van der Waals surface area contributed by atoms with Crippen LogP contribution in [0.2, 0.25) is 0 Å². The van der Waals surface area contributed by atoms with E-state index in [1.165, 1.54) is 5.56 Å². The number of methoxy groups -OCH3 is 1. The summed E-state index contributed by atoms with van der Waals surface area (Å²) in [5.41, 5.74) is 9.49. The minimum atomic E-state index is 0.702. The Labute approximate surface area is 113 Å². The third-order valence-corrected chi connectivity index (χ3v) is 3.15. The van der Waals surface area contributed by atoms with Gasteiger partial charge in [0.2, 0.25) is 0 Å². The quantitative estimate of drug-likeness (QED) is 0.918. The zero-order valence-corrected chi connectivity index (χ0v) is 11.8. The van der Waals surface area contributed by atoms with Crippen molar-refractivity contribution in [1.29, 1.82) is 0 Å². The maximum absolute atomic E-state index is 5.80. The molecule has 0 fully saturated rings. The molecule has 0 spiro atoms. The van der Waals surface area contributed by atoms with Crippen LogP contribution in [0.15, 0.2) is 30.3 Å². The molecule has 100 valence electrons. The van der Waals surface area contributed by atoms with E-state index < -0.39 is 0 Å². The summed E-state index contributed by atoms with van der Waals surface area (Å²) in [6, 6.07) is 9.84. The third kappa shape index (κ3) is 2.62. The fourth-order valence-electron chi connectivity index (χ4n) is 1.93. The molecular formula is C15H19N3O. The lowest BCUT2D eigenvalue weighted by atomic mass is 10.2. The van der Waals surface area contributed by atoms with E-state index in [4.69, 9.17) is 10.5 Å². The van der Waals surface area contributed by atoms with Gasteiger partial charge in [0.25, 0.3) is 0 Å². The van der Waals surface area contributed by atoms with Gasteiger partial charge in [0, 0.05) is 7.05 Å². The molecule has 0 aliphatic heterocycles. The second kappa shape index (κ2) is 5.18. The normalized spacial score (nSPS) is 10.3. The summed E-state index contributed by atoms with van der Waals surface area (Å²) in [5.74, 6) is 1.67. The molecule has 0 saturated carbocycles. The van der Waals surface area contributed by atoms with Gasteiger partial charge in [-0.05, 0) is 43.7 Å². The van der Waals surface area contributed by atoms with Crippen molar-refractivity contribution >= 4 is 17.2 Å². The molecule has 2 N–H and O–H groups in total. The first-order valence-corrected chi connectivity index (χ1v) is 6.14. The van der Waals surface area contributed by atoms with Crippen molar-refractivity contribution in [3.05, 3.63) is 41.6 Å². The Morgan fingerprint density at radius 2 is 1.89 bits per heavy atom. The van der Waals surface area contributed by atoms with E-state index in [-0.39, 0.29) is 0 Å². The number of nitrogen functional groups attached to an aromatic ring is 1. The van der Waals surface area contributed by atoms with E-state index in [0.717, 1.165) is 22.9 Å². The Kier molecular flexibility index (Phi) is 3.60. The van der Waals surface area contributed by atoms with Gasteiger partial charge in [-0.1, -0.05) is 6.07 Å². The van der Waals surface area contributed by atoms with Crippen LogP contribution in [0.4, 0.5) is 17.2 Å². The molecule has 0 radical (unpaired) electrons. The van der Waals surface area contributed by atoms with Crippen molar-refractivity contribution in [2.45, 2.75) is 13.8 Å². The van der Waals surface area contributed by atoms with Crippen molar-refractivity contribution < 1.29 is 4.74 Å². The number of hydrogen-bond donors (Lipinski definition) is 1. The molecule has 0 aliphatic carbocycles. The molecule has 2 rings (SSSR count). The highest BCUT2D eigenvalue weighted by Crippen LogP contribution is 2.32. The predicted octanol–water partition coefficient (Wildman–Crippen LogP) is 3.06. The molecule has 0 bridgehead atoms. The lowest BCUT2D eigenvalue weighted by Crippen LogP contribution is -2.13. The number of aromatic nitrogens is 1. The molecule has 4 heteroatoms. The first kappa shape index (κ1) is 13.2. The van der Waals surface area contributed by atoms with Gasteiger partial charge in [0.05, 0.1) is 24.2 Å². The van der Waals surface area contributed by atoms with Crippen LogP contribution in [0.5, 0.6) is 5.75 Å². The number of hydrogen-bond acceptors (Lipinski definition) is 4. The molecule has 1 aromatic carbocycles. The fraction of sp³-hybridized carbons (Fsp3) is 0.267. The maximum atomic E-state index is 5.80. The number of nitrogens with two attached hydrogens (primary N) is 1. The third-order valence-electron chi connectivity index (χ3n) is 3.15. The molecule has 1 heterocycles. The Morgan fingerprint density at radius 3 is 2.53 bits per heavy atom. The van der Waals surface area contributed by atoms with Gasteiger partial charge in [-0.3, -0.25) is 0 Å². The van der Waals surface area contributed by atoms with Gasteiger partial charge in [-0.15, -0.1) is 0 Å². The SMILES string of the molecule is COc1ccc(C)cc1N(C)c1ccc(N)c(C)n1. The summed E-state index contributed by atoms with van der Waals surface area (Å²) < 4.78 is 5.40. The summed E-state index contributed by atoms with van der Waals surface area (Å²) in [5, 5.41) is 0. The van der Waals surface area contributed by atoms with E-state index in [9.17, 15) is 0 Å². The van der Waals surface area contributed by atoms with Crippen LogP contribution in [-0.4, -0.2) is 19.1 Å². The second-order valence-electron chi connectivity index (χ2n) is 4.58. The topological polar surface area (TPSA) is 51.4 Å². The number of aryl methyl sites for hydroxylation is 2. The highest BCUT2D eigenvalue weighted by atomic mass is 16.5. The maximum Gasteiger partial charge on any atom is 0.142 e. The van der Waals surface area contributed by atoms with E-state index in [1.807, 2.05) is 43.1 Å². The number of pyridine rings is 1. The highest BCUT2D eigenvalue weighted by molar-refractivity contribution is 5.68. The average Bonchev–Trinajstić information content (AvgIpc) is 2.41. The van der Waals surface area contributed by atoms with E-state index in [1.54, 1.807) is 7.11 Å². The van der Waals surface area contributed by atoms with Crippen molar-refractivity contribution in [3.8, 4) is 5.75 Å². The largest absolute Gasteiger partial charge is 0.495 e. The van der Waals surface area contributed by atoms with E-state index in [0.29, 0.717) is 5.69 Å². The number of rotatable bonds is 3. The van der Waals surface area contributed by atoms with Gasteiger partial charge in [0.1, 0.15) is 11.6 Å². The summed E-state index contributed by atoms with van der Waals surface area (Å²) in [6.07, 6.45) is 0. The van der Waals surface area contributed by atoms with Gasteiger partial charge >= 0.3 is 0 Å². The fourth-order valence-corrected chi connectivity index (χ4v) is 1.93. The van der Waals surface area contributed by atoms with Gasteiger partial charge in [0.15, 0.2) is 0 Å². The van der Waals surface area contributed by atoms with Crippen LogP contribution in [0.1, 0.15) is 11.3 Å². The van der Waals surface area contributed by atoms with Crippen LogP contribution < -0.4 is 15.4 Å². The standard InChI is InChI=1S/C15H19N3O/c1-10-5-7-14(19-4)13(9-10)18(3)15-8-6-12(16)11(2)17-15/h5-9H,16H2,1-4H3. The second-order valence-corrected chi connectivity index (χ2v) is 4.58. The molecule has 0 amide bonds. The Balaban J connectivity index is 2.45. The van der Waals surface area contributed by atoms with Crippen molar-refractivity contribution in [3.63, 3.8) is 0 Å². The number of anilines is 3. The molecule has 4 nitrogen and oxygen atoms in total. The van der Waals surface area contributed by atoms with Gasteiger partial charge in [-0.2, -0.15) is 0 Å². The van der Waals surface area contributed by atoms with Gasteiger partial charge < -0.3 is 15.4 Å². The summed E-state index contributed by atoms with van der Waals surface area (Å²) >= 11 is 0. The zero-order valence-electron chi connectivity index (χ0n) is 11.8. The predicted molar refractivity (Wildman–Crippen MR) is 79.2 cm³/mol. The van der Waals surface area contributed by atoms with Crippen LogP contribution in [-0.2, 0) is 0 Å². The summed E-state index contributed by atoms with van der Waals surface area (Å²) in [6.45, 7) is 3.96. The van der Waals surface area contributed by atoms with Crippen molar-refractivity contribution in [1.82, 2.24) is 4.98 Å². The molecular weight excluding hydrogens is 238 g/mol. The summed E-state index contributed by atoms with van der Waals surface area (Å²) in [4.78, 5) is 6.50. The van der Waals surface area contributed by atoms with Crippen LogP contribution >= 0.6 is 0 Å². The van der Waals surface area contributed by atoms with Crippen molar-refractivity contribution in [2.75, 3.05) is 24.8 Å². The van der Waals surface area contributed by atoms with E-state index in [2.05, 4.69) is 18.0 Å². The number of nitrogens with zero attached hydrogens (tertiary/aromatic N) is 2. The summed E-state index contributed by atoms with van der Waals surface area (Å²) in [7, 11) is 3.64.